The van der Waals surface area contributed by atoms with Gasteiger partial charge in [0.2, 0.25) is 12.4 Å². The topological polar surface area (TPSA) is 123 Å². The molecule has 3 amide bonds. The van der Waals surface area contributed by atoms with Gasteiger partial charge in [0.15, 0.2) is 5.82 Å². The van der Waals surface area contributed by atoms with Gasteiger partial charge < -0.3 is 14.8 Å². The number of alkyl halides is 4. The minimum Gasteiger partial charge on any atom is -0.497 e. The van der Waals surface area contributed by atoms with Crippen molar-refractivity contribution in [1.82, 2.24) is 25.4 Å². The fourth-order valence-electron chi connectivity index (χ4n) is 4.18. The monoisotopic (exact) mass is 627 g/mol. The second-order valence-electron chi connectivity index (χ2n) is 9.40. The minimum atomic E-state index is -4.79. The van der Waals surface area contributed by atoms with E-state index in [1.807, 2.05) is 0 Å². The van der Waals surface area contributed by atoms with Crippen LogP contribution in [0.2, 0.25) is 0 Å². The molecule has 0 radical (unpaired) electrons. The van der Waals surface area contributed by atoms with Crippen molar-refractivity contribution in [2.24, 2.45) is 4.99 Å². The maximum atomic E-state index is 15.0. The van der Waals surface area contributed by atoms with E-state index >= 15 is 4.39 Å². The number of aryl methyl sites for hydroxylation is 1. The zero-order valence-electron chi connectivity index (χ0n) is 24.4. The summed E-state index contributed by atoms with van der Waals surface area (Å²) < 4.78 is 62.6. The van der Waals surface area contributed by atoms with Crippen molar-refractivity contribution in [2.45, 2.75) is 26.4 Å². The molecular weight excluding hydrogens is 598 g/mol. The summed E-state index contributed by atoms with van der Waals surface area (Å²) in [5.41, 5.74) is 2.49. The Balaban J connectivity index is 1.35. The number of guanidine groups is 1. The lowest BCUT2D eigenvalue weighted by Crippen LogP contribution is -2.48. The molecule has 0 fully saturated rings. The number of nitrogens with one attached hydrogen (secondary N) is 2. The zero-order valence-corrected chi connectivity index (χ0v) is 24.4. The van der Waals surface area contributed by atoms with Gasteiger partial charge in [-0.2, -0.15) is 0 Å². The number of nitrogens with zero attached hydrogens (tertiary/aromatic N) is 5. The van der Waals surface area contributed by atoms with Gasteiger partial charge >= 0.3 is 12.4 Å². The summed E-state index contributed by atoms with van der Waals surface area (Å²) >= 11 is 0. The standard InChI is InChI=1S/C30H29F4N7O4/c1-4-35-28(40(18-42)26-14-13-24(44-3)15-19(26)2)38-29(43)36-16-25(31)20-5-7-21(8-6-20)27-37-17-41(39-27)22-9-11-23(12-10-22)45-30(32,33)34/h5-15,17-18,25H,4,16H2,1-3H3,(H2,35,36,38,43). The van der Waals surface area contributed by atoms with Crippen LogP contribution in [0.15, 0.2) is 78.0 Å². The number of hydrogen-bond donors (Lipinski definition) is 2. The molecule has 1 unspecified atom stereocenters. The van der Waals surface area contributed by atoms with Crippen molar-refractivity contribution >= 4 is 24.1 Å². The molecule has 236 valence electrons. The number of carbonyl (C=O) groups excluding carboxylic acids is 2. The number of benzene rings is 3. The number of hydrogen-bond acceptors (Lipinski definition) is 7. The quantitative estimate of drug-likeness (QED) is 0.104. The average molecular weight is 628 g/mol. The SMILES string of the molecule is CCN=C(NC(=O)NCC(F)c1ccc(-c2ncn(-c3ccc(OC(F)(F)F)cc3)n2)cc1)N(C=O)c1ccc(OC)cc1C. The largest absolute Gasteiger partial charge is 0.573 e. The van der Waals surface area contributed by atoms with Crippen molar-refractivity contribution in [1.29, 1.82) is 0 Å². The molecule has 0 aliphatic rings. The summed E-state index contributed by atoms with van der Waals surface area (Å²) in [6.45, 7) is 3.41. The second kappa shape index (κ2) is 14.3. The lowest BCUT2D eigenvalue weighted by Gasteiger charge is -2.22. The van der Waals surface area contributed by atoms with Crippen LogP contribution in [0.1, 0.15) is 24.2 Å². The Kier molecular flexibility index (Phi) is 10.3. The molecule has 0 bridgehead atoms. The van der Waals surface area contributed by atoms with Gasteiger partial charge in [-0.05, 0) is 67.4 Å². The van der Waals surface area contributed by atoms with Crippen molar-refractivity contribution in [3.63, 3.8) is 0 Å². The van der Waals surface area contributed by atoms with Crippen LogP contribution < -0.4 is 25.0 Å². The molecule has 4 rings (SSSR count). The summed E-state index contributed by atoms with van der Waals surface area (Å²) in [6.07, 6.45) is -4.45. The van der Waals surface area contributed by atoms with Gasteiger partial charge in [0.05, 0.1) is 25.0 Å². The van der Waals surface area contributed by atoms with Gasteiger partial charge in [0, 0.05) is 12.1 Å². The molecule has 11 nitrogen and oxygen atoms in total. The van der Waals surface area contributed by atoms with E-state index in [9.17, 15) is 22.8 Å². The molecule has 0 saturated heterocycles. The Morgan fingerprint density at radius 3 is 2.38 bits per heavy atom. The highest BCUT2D eigenvalue weighted by atomic mass is 19.4. The Bertz CT molecular complexity index is 1640. The molecule has 15 heteroatoms. The fraction of sp³-hybridized carbons (Fsp3) is 0.233. The first kappa shape index (κ1) is 32.4. The van der Waals surface area contributed by atoms with E-state index in [0.717, 1.165) is 12.1 Å². The van der Waals surface area contributed by atoms with Crippen molar-refractivity contribution in [3.05, 3.63) is 84.2 Å². The van der Waals surface area contributed by atoms with E-state index in [2.05, 4.69) is 30.4 Å². The number of rotatable bonds is 10. The normalized spacial score (nSPS) is 12.3. The highest BCUT2D eigenvalue weighted by Crippen LogP contribution is 2.26. The summed E-state index contributed by atoms with van der Waals surface area (Å²) in [5, 5.41) is 9.29. The first-order valence-electron chi connectivity index (χ1n) is 13.5. The first-order valence-corrected chi connectivity index (χ1v) is 13.5. The summed E-state index contributed by atoms with van der Waals surface area (Å²) in [5.74, 6) is 0.508. The lowest BCUT2D eigenvalue weighted by atomic mass is 10.1. The van der Waals surface area contributed by atoms with E-state index in [0.29, 0.717) is 40.5 Å². The number of anilines is 1. The van der Waals surface area contributed by atoms with Crippen LogP contribution in [0, 0.1) is 6.92 Å². The number of aromatic nitrogens is 3. The molecule has 4 aromatic rings. The highest BCUT2D eigenvalue weighted by Gasteiger charge is 2.31. The van der Waals surface area contributed by atoms with Gasteiger partial charge in [-0.25, -0.2) is 18.9 Å². The molecule has 0 spiro atoms. The number of amides is 3. The van der Waals surface area contributed by atoms with E-state index in [1.54, 1.807) is 44.2 Å². The average Bonchev–Trinajstić information content (AvgIpc) is 3.51. The third kappa shape index (κ3) is 8.55. The molecule has 0 aliphatic carbocycles. The Morgan fingerprint density at radius 1 is 1.09 bits per heavy atom. The smallest absolute Gasteiger partial charge is 0.497 e. The van der Waals surface area contributed by atoms with Crippen LogP contribution in [0.3, 0.4) is 0 Å². The van der Waals surface area contributed by atoms with Gasteiger partial charge in [-0.3, -0.25) is 20.0 Å². The molecule has 1 heterocycles. The van der Waals surface area contributed by atoms with E-state index in [4.69, 9.17) is 4.74 Å². The molecule has 2 N–H and O–H groups in total. The Morgan fingerprint density at radius 2 is 1.78 bits per heavy atom. The molecular formula is C30H29F4N7O4. The van der Waals surface area contributed by atoms with Crippen LogP contribution in [0.4, 0.5) is 28.0 Å². The molecule has 0 aliphatic heterocycles. The number of urea groups is 1. The van der Waals surface area contributed by atoms with Crippen molar-refractivity contribution < 1.29 is 36.6 Å². The predicted octanol–water partition coefficient (Wildman–Crippen LogP) is 5.50. The molecule has 3 aromatic carbocycles. The fourth-order valence-corrected chi connectivity index (χ4v) is 4.18. The maximum Gasteiger partial charge on any atom is 0.573 e. The summed E-state index contributed by atoms with van der Waals surface area (Å²) in [7, 11) is 1.52. The number of ether oxygens (including phenoxy) is 2. The second-order valence-corrected chi connectivity index (χ2v) is 9.40. The van der Waals surface area contributed by atoms with Crippen LogP contribution >= 0.6 is 0 Å². The van der Waals surface area contributed by atoms with Gasteiger partial charge in [0.25, 0.3) is 0 Å². The number of halogens is 4. The molecule has 45 heavy (non-hydrogen) atoms. The first-order chi connectivity index (χ1) is 21.5. The minimum absolute atomic E-state index is 0.0319. The number of carbonyl (C=O) groups is 2. The van der Waals surface area contributed by atoms with E-state index in [1.165, 1.54) is 47.3 Å². The molecule has 1 atom stereocenters. The Hall–Kier alpha value is -5.47. The maximum absolute atomic E-state index is 15.0. The third-order valence-electron chi connectivity index (χ3n) is 6.33. The zero-order chi connectivity index (χ0) is 32.6. The summed E-state index contributed by atoms with van der Waals surface area (Å²) in [6, 6.07) is 15.7. The third-order valence-corrected chi connectivity index (χ3v) is 6.33. The van der Waals surface area contributed by atoms with Crippen molar-refractivity contribution in [3.8, 4) is 28.6 Å². The number of methoxy groups -OCH3 is 1. The molecule has 0 saturated carbocycles. The van der Waals surface area contributed by atoms with Gasteiger partial charge in [0.1, 0.15) is 24.0 Å². The summed E-state index contributed by atoms with van der Waals surface area (Å²) in [4.78, 5) is 34.2. The van der Waals surface area contributed by atoms with E-state index < -0.39 is 18.6 Å². The van der Waals surface area contributed by atoms with Crippen LogP contribution in [0.25, 0.3) is 17.1 Å². The highest BCUT2D eigenvalue weighted by molar-refractivity contribution is 6.14. The van der Waals surface area contributed by atoms with Gasteiger partial charge in [-0.1, -0.05) is 24.3 Å². The lowest BCUT2D eigenvalue weighted by molar-refractivity contribution is -0.274. The molecule has 1 aromatic heterocycles. The van der Waals surface area contributed by atoms with Crippen LogP contribution in [0.5, 0.6) is 11.5 Å². The van der Waals surface area contributed by atoms with Crippen LogP contribution in [-0.4, -0.2) is 59.7 Å². The van der Waals surface area contributed by atoms with Gasteiger partial charge in [-0.15, -0.1) is 18.3 Å². The number of aliphatic imine (C=N–C) groups is 1. The van der Waals surface area contributed by atoms with Crippen molar-refractivity contribution in [2.75, 3.05) is 25.1 Å². The van der Waals surface area contributed by atoms with Crippen LogP contribution in [-0.2, 0) is 4.79 Å². The van der Waals surface area contributed by atoms with E-state index in [-0.39, 0.29) is 30.4 Å². The predicted molar refractivity (Wildman–Crippen MR) is 158 cm³/mol. The Labute approximate surface area is 255 Å².